The molecular formula is C13H11ClO2. The first-order valence-electron chi connectivity index (χ1n) is 4.62. The minimum atomic E-state index is -1.09. The monoisotopic (exact) mass is 234 g/mol. The first-order chi connectivity index (χ1) is 7.61. The highest BCUT2D eigenvalue weighted by Crippen LogP contribution is 2.12. The lowest BCUT2D eigenvalue weighted by Gasteiger charge is -1.95. The van der Waals surface area contributed by atoms with E-state index in [0.29, 0.717) is 0 Å². The third-order valence-electron chi connectivity index (χ3n) is 1.87. The Morgan fingerprint density at radius 1 is 1.31 bits per heavy atom. The summed E-state index contributed by atoms with van der Waals surface area (Å²) in [6, 6.07) is 9.56. The van der Waals surface area contributed by atoms with E-state index in [4.69, 9.17) is 16.7 Å². The molecule has 0 bridgehead atoms. The Morgan fingerprint density at radius 3 is 2.44 bits per heavy atom. The Morgan fingerprint density at radius 2 is 1.94 bits per heavy atom. The van der Waals surface area contributed by atoms with E-state index in [9.17, 15) is 4.79 Å². The number of aliphatic carboxylic acids is 1. The van der Waals surface area contributed by atoms with Crippen molar-refractivity contribution in [3.63, 3.8) is 0 Å². The van der Waals surface area contributed by atoms with Gasteiger partial charge in [0.1, 0.15) is 0 Å². The highest BCUT2D eigenvalue weighted by atomic mass is 35.5. The average Bonchev–Trinajstić information content (AvgIpc) is 2.24. The zero-order chi connectivity index (χ0) is 12.0. The van der Waals surface area contributed by atoms with Crippen molar-refractivity contribution in [1.29, 1.82) is 0 Å². The molecule has 1 N–H and O–H groups in total. The number of rotatable bonds is 4. The number of hydrogen-bond donors (Lipinski definition) is 1. The fraction of sp³-hybridized carbons (Fsp3) is 0. The van der Waals surface area contributed by atoms with Crippen LogP contribution in [0, 0.1) is 0 Å². The largest absolute Gasteiger partial charge is 0.478 e. The molecule has 0 aliphatic carbocycles. The molecule has 0 fully saturated rings. The van der Waals surface area contributed by atoms with E-state index in [0.717, 1.165) is 5.56 Å². The van der Waals surface area contributed by atoms with Crippen LogP contribution in [0.2, 0.25) is 0 Å². The molecule has 0 atom stereocenters. The van der Waals surface area contributed by atoms with Crippen molar-refractivity contribution in [1.82, 2.24) is 0 Å². The summed E-state index contributed by atoms with van der Waals surface area (Å²) < 4.78 is 0. The lowest BCUT2D eigenvalue weighted by atomic mass is 10.2. The Hall–Kier alpha value is -1.80. The maximum atomic E-state index is 10.7. The van der Waals surface area contributed by atoms with Crippen molar-refractivity contribution in [2.24, 2.45) is 0 Å². The third kappa shape index (κ3) is 3.75. The van der Waals surface area contributed by atoms with Gasteiger partial charge in [0.25, 0.3) is 0 Å². The molecular weight excluding hydrogens is 224 g/mol. The van der Waals surface area contributed by atoms with E-state index in [2.05, 4.69) is 6.58 Å². The molecule has 0 radical (unpaired) electrons. The molecule has 1 aromatic rings. The maximum absolute atomic E-state index is 10.7. The number of carboxylic acid groups (broad SMARTS) is 1. The van der Waals surface area contributed by atoms with E-state index < -0.39 is 5.97 Å². The molecule has 0 unspecified atom stereocenters. The Bertz CT molecular complexity index is 428. The van der Waals surface area contributed by atoms with Gasteiger partial charge >= 0.3 is 5.97 Å². The topological polar surface area (TPSA) is 37.3 Å². The van der Waals surface area contributed by atoms with E-state index in [1.807, 2.05) is 30.3 Å². The fourth-order valence-electron chi connectivity index (χ4n) is 1.10. The van der Waals surface area contributed by atoms with Crippen LogP contribution in [0.5, 0.6) is 0 Å². The van der Waals surface area contributed by atoms with Crippen LogP contribution in [-0.2, 0) is 4.79 Å². The van der Waals surface area contributed by atoms with Crippen LogP contribution < -0.4 is 0 Å². The molecule has 0 amide bonds. The molecule has 1 rings (SSSR count). The van der Waals surface area contributed by atoms with Gasteiger partial charge in [0.2, 0.25) is 0 Å². The number of carbonyl (C=O) groups is 1. The van der Waals surface area contributed by atoms with Gasteiger partial charge in [-0.3, -0.25) is 0 Å². The van der Waals surface area contributed by atoms with Gasteiger partial charge in [-0.1, -0.05) is 60.7 Å². The first-order valence-corrected chi connectivity index (χ1v) is 5.00. The number of allylic oxidation sites excluding steroid dienone is 2. The van der Waals surface area contributed by atoms with Crippen LogP contribution in [0.15, 0.2) is 59.7 Å². The van der Waals surface area contributed by atoms with Crippen LogP contribution in [0.1, 0.15) is 5.56 Å². The zero-order valence-electron chi connectivity index (χ0n) is 8.56. The van der Waals surface area contributed by atoms with E-state index in [1.54, 1.807) is 12.2 Å². The molecule has 3 heteroatoms. The molecule has 82 valence electrons. The zero-order valence-corrected chi connectivity index (χ0v) is 9.32. The van der Waals surface area contributed by atoms with Crippen LogP contribution in [0.4, 0.5) is 0 Å². The summed E-state index contributed by atoms with van der Waals surface area (Å²) >= 11 is 5.54. The molecule has 0 saturated carbocycles. The van der Waals surface area contributed by atoms with Gasteiger partial charge in [-0.05, 0) is 11.6 Å². The number of hydrogen-bond acceptors (Lipinski definition) is 1. The molecule has 0 aliphatic rings. The summed E-state index contributed by atoms with van der Waals surface area (Å²) in [7, 11) is 0. The van der Waals surface area contributed by atoms with Crippen molar-refractivity contribution >= 4 is 23.6 Å². The summed E-state index contributed by atoms with van der Waals surface area (Å²) in [5.41, 5.74) is 0.984. The second kappa shape index (κ2) is 5.93. The van der Waals surface area contributed by atoms with Crippen LogP contribution in [0.25, 0.3) is 6.08 Å². The normalized spacial score (nSPS) is 11.7. The van der Waals surface area contributed by atoms with Gasteiger partial charge in [0.05, 0.1) is 5.57 Å². The third-order valence-corrected chi connectivity index (χ3v) is 2.08. The predicted octanol–water partition coefficient (Wildman–Crippen LogP) is 3.46. The highest BCUT2D eigenvalue weighted by Gasteiger charge is 2.07. The molecule has 0 aromatic heterocycles. The van der Waals surface area contributed by atoms with Gasteiger partial charge < -0.3 is 5.11 Å². The van der Waals surface area contributed by atoms with Crippen molar-refractivity contribution in [3.05, 3.63) is 65.2 Å². The lowest BCUT2D eigenvalue weighted by molar-refractivity contribution is -0.132. The lowest BCUT2D eigenvalue weighted by Crippen LogP contribution is -1.99. The molecule has 0 saturated heterocycles. The molecule has 0 spiro atoms. The van der Waals surface area contributed by atoms with Crippen LogP contribution in [-0.4, -0.2) is 11.1 Å². The molecule has 0 heterocycles. The summed E-state index contributed by atoms with van der Waals surface area (Å²) in [6.45, 7) is 3.38. The van der Waals surface area contributed by atoms with Crippen molar-refractivity contribution < 1.29 is 9.90 Å². The number of halogens is 1. The average molecular weight is 235 g/mol. The van der Waals surface area contributed by atoms with E-state index >= 15 is 0 Å². The Kier molecular flexibility index (Phi) is 4.55. The number of carboxylic acids is 1. The first kappa shape index (κ1) is 12.3. The minimum Gasteiger partial charge on any atom is -0.478 e. The molecule has 0 aliphatic heterocycles. The molecule has 1 aromatic carbocycles. The minimum absolute atomic E-state index is 0.00570. The second-order valence-electron chi connectivity index (χ2n) is 3.06. The summed E-state index contributed by atoms with van der Waals surface area (Å²) in [6.07, 6.45) is 4.85. The van der Waals surface area contributed by atoms with Crippen molar-refractivity contribution in [2.75, 3.05) is 0 Å². The maximum Gasteiger partial charge on any atom is 0.337 e. The SMILES string of the molecule is C=C(Cl)C(=CC=Cc1ccccc1)C(=O)O. The summed E-state index contributed by atoms with van der Waals surface area (Å²) in [5.74, 6) is -1.09. The second-order valence-corrected chi connectivity index (χ2v) is 3.52. The smallest absolute Gasteiger partial charge is 0.337 e. The van der Waals surface area contributed by atoms with Gasteiger partial charge in [0, 0.05) is 5.03 Å². The van der Waals surface area contributed by atoms with Gasteiger partial charge in [0.15, 0.2) is 0 Å². The van der Waals surface area contributed by atoms with E-state index in [-0.39, 0.29) is 10.6 Å². The van der Waals surface area contributed by atoms with Gasteiger partial charge in [-0.2, -0.15) is 0 Å². The van der Waals surface area contributed by atoms with Crippen LogP contribution in [0.3, 0.4) is 0 Å². The summed E-state index contributed by atoms with van der Waals surface area (Å²) in [4.78, 5) is 10.7. The highest BCUT2D eigenvalue weighted by molar-refractivity contribution is 6.34. The standard InChI is InChI=1S/C13H11ClO2/c1-10(14)12(13(15)16)9-5-8-11-6-3-2-4-7-11/h2-9H,1H2,(H,15,16). The fourth-order valence-corrected chi connectivity index (χ4v) is 1.24. The predicted molar refractivity (Wildman–Crippen MR) is 66.2 cm³/mol. The molecule has 16 heavy (non-hydrogen) atoms. The number of benzene rings is 1. The van der Waals surface area contributed by atoms with Gasteiger partial charge in [-0.25, -0.2) is 4.79 Å². The van der Waals surface area contributed by atoms with Crippen molar-refractivity contribution in [3.8, 4) is 0 Å². The Balaban J connectivity index is 2.82. The van der Waals surface area contributed by atoms with Gasteiger partial charge in [-0.15, -0.1) is 0 Å². The van der Waals surface area contributed by atoms with E-state index in [1.165, 1.54) is 6.08 Å². The van der Waals surface area contributed by atoms with Crippen LogP contribution >= 0.6 is 11.6 Å². The molecule has 2 nitrogen and oxygen atoms in total. The quantitative estimate of drug-likeness (QED) is 0.640. The Labute approximate surface area is 99.2 Å². The van der Waals surface area contributed by atoms with Crippen molar-refractivity contribution in [2.45, 2.75) is 0 Å². The summed E-state index contributed by atoms with van der Waals surface area (Å²) in [5, 5.41) is 8.81.